The van der Waals surface area contributed by atoms with Gasteiger partial charge in [0.25, 0.3) is 0 Å². The number of rotatable bonds is 5. The first-order valence-electron chi connectivity index (χ1n) is 8.53. The van der Waals surface area contributed by atoms with Crippen LogP contribution >= 0.6 is 0 Å². The highest BCUT2D eigenvalue weighted by atomic mass is 15.1. The van der Waals surface area contributed by atoms with E-state index in [9.17, 15) is 0 Å². The van der Waals surface area contributed by atoms with Gasteiger partial charge < -0.3 is 10.6 Å². The SMILES string of the molecule is CC1CCCC(N(C)CC(N)c2ccc(C(C)C)cc2)C1. The quantitative estimate of drug-likeness (QED) is 0.874. The molecule has 2 rings (SSSR count). The van der Waals surface area contributed by atoms with E-state index in [2.05, 4.69) is 57.0 Å². The maximum absolute atomic E-state index is 6.42. The normalized spacial score (nSPS) is 24.5. The van der Waals surface area contributed by atoms with E-state index < -0.39 is 0 Å². The van der Waals surface area contributed by atoms with E-state index in [1.807, 2.05) is 0 Å². The van der Waals surface area contributed by atoms with Gasteiger partial charge >= 0.3 is 0 Å². The van der Waals surface area contributed by atoms with E-state index in [4.69, 9.17) is 5.73 Å². The van der Waals surface area contributed by atoms with Crippen LogP contribution in [0, 0.1) is 5.92 Å². The molecule has 1 aliphatic rings. The monoisotopic (exact) mass is 288 g/mol. The second-order valence-electron chi connectivity index (χ2n) is 7.29. The summed E-state index contributed by atoms with van der Waals surface area (Å²) in [5.74, 6) is 1.45. The molecular formula is C19H32N2. The Labute approximate surface area is 130 Å². The summed E-state index contributed by atoms with van der Waals surface area (Å²) in [7, 11) is 2.24. The van der Waals surface area contributed by atoms with Crippen molar-refractivity contribution in [2.24, 2.45) is 11.7 Å². The topological polar surface area (TPSA) is 29.3 Å². The van der Waals surface area contributed by atoms with E-state index in [1.54, 1.807) is 0 Å². The maximum Gasteiger partial charge on any atom is 0.0424 e. The fourth-order valence-corrected chi connectivity index (χ4v) is 3.50. The molecule has 1 fully saturated rings. The summed E-state index contributed by atoms with van der Waals surface area (Å²) in [6.07, 6.45) is 5.43. The van der Waals surface area contributed by atoms with E-state index in [0.717, 1.165) is 18.5 Å². The van der Waals surface area contributed by atoms with Gasteiger partial charge in [-0.3, -0.25) is 0 Å². The molecule has 2 heteroatoms. The lowest BCUT2D eigenvalue weighted by Crippen LogP contribution is -2.39. The van der Waals surface area contributed by atoms with Crippen LogP contribution in [0.4, 0.5) is 0 Å². The van der Waals surface area contributed by atoms with Gasteiger partial charge in [-0.05, 0) is 42.9 Å². The number of nitrogens with zero attached hydrogens (tertiary/aromatic N) is 1. The standard InChI is InChI=1S/C19H32N2/c1-14(2)16-8-10-17(11-9-16)19(20)13-21(4)18-7-5-6-15(3)12-18/h8-11,14-15,18-19H,5-7,12-13,20H2,1-4H3. The molecule has 0 bridgehead atoms. The molecule has 1 aromatic rings. The highest BCUT2D eigenvalue weighted by Gasteiger charge is 2.23. The molecule has 2 N–H and O–H groups in total. The molecule has 21 heavy (non-hydrogen) atoms. The van der Waals surface area contributed by atoms with Gasteiger partial charge in [-0.1, -0.05) is 57.9 Å². The first-order chi connectivity index (χ1) is 9.97. The van der Waals surface area contributed by atoms with Crippen LogP contribution in [0.1, 0.15) is 69.5 Å². The highest BCUT2D eigenvalue weighted by molar-refractivity contribution is 5.26. The smallest absolute Gasteiger partial charge is 0.0424 e. The molecule has 1 saturated carbocycles. The molecule has 118 valence electrons. The first-order valence-corrected chi connectivity index (χ1v) is 8.53. The van der Waals surface area contributed by atoms with E-state index in [-0.39, 0.29) is 6.04 Å². The van der Waals surface area contributed by atoms with Crippen molar-refractivity contribution in [3.63, 3.8) is 0 Å². The Kier molecular flexibility index (Phi) is 5.83. The maximum atomic E-state index is 6.42. The molecule has 2 nitrogen and oxygen atoms in total. The third-order valence-corrected chi connectivity index (χ3v) is 5.05. The fraction of sp³-hybridized carbons (Fsp3) is 0.684. The number of hydrogen-bond acceptors (Lipinski definition) is 2. The number of benzene rings is 1. The van der Waals surface area contributed by atoms with E-state index in [1.165, 1.54) is 36.8 Å². The largest absolute Gasteiger partial charge is 0.323 e. The predicted molar refractivity (Wildman–Crippen MR) is 91.5 cm³/mol. The van der Waals surface area contributed by atoms with Gasteiger partial charge in [0.2, 0.25) is 0 Å². The van der Waals surface area contributed by atoms with Crippen LogP contribution in [0.15, 0.2) is 24.3 Å². The van der Waals surface area contributed by atoms with Crippen LogP contribution in [0.5, 0.6) is 0 Å². The van der Waals surface area contributed by atoms with Crippen LogP contribution < -0.4 is 5.73 Å². The third kappa shape index (κ3) is 4.55. The Morgan fingerprint density at radius 3 is 2.33 bits per heavy atom. The average molecular weight is 288 g/mol. The Morgan fingerprint density at radius 1 is 1.14 bits per heavy atom. The van der Waals surface area contributed by atoms with Crippen molar-refractivity contribution < 1.29 is 0 Å². The lowest BCUT2D eigenvalue weighted by Gasteiger charge is -2.35. The number of likely N-dealkylation sites (N-methyl/N-ethyl adjacent to an activating group) is 1. The summed E-state index contributed by atoms with van der Waals surface area (Å²) >= 11 is 0. The van der Waals surface area contributed by atoms with E-state index >= 15 is 0 Å². The van der Waals surface area contributed by atoms with Crippen molar-refractivity contribution in [1.82, 2.24) is 4.90 Å². The van der Waals surface area contributed by atoms with Gasteiger partial charge in [-0.15, -0.1) is 0 Å². The van der Waals surface area contributed by atoms with Crippen molar-refractivity contribution >= 4 is 0 Å². The Hall–Kier alpha value is -0.860. The summed E-state index contributed by atoms with van der Waals surface area (Å²) in [5.41, 5.74) is 9.07. The number of hydrogen-bond donors (Lipinski definition) is 1. The van der Waals surface area contributed by atoms with E-state index in [0.29, 0.717) is 5.92 Å². The minimum absolute atomic E-state index is 0.119. The van der Waals surface area contributed by atoms with Crippen molar-refractivity contribution in [2.45, 2.75) is 64.5 Å². The van der Waals surface area contributed by atoms with Crippen LogP contribution in [-0.2, 0) is 0 Å². The fourth-order valence-electron chi connectivity index (χ4n) is 3.50. The second-order valence-corrected chi connectivity index (χ2v) is 7.29. The van der Waals surface area contributed by atoms with Crippen molar-refractivity contribution in [1.29, 1.82) is 0 Å². The molecular weight excluding hydrogens is 256 g/mol. The summed E-state index contributed by atoms with van der Waals surface area (Å²) < 4.78 is 0. The molecule has 1 aromatic carbocycles. The Morgan fingerprint density at radius 2 is 1.76 bits per heavy atom. The average Bonchev–Trinajstić information content (AvgIpc) is 2.47. The molecule has 0 spiro atoms. The molecule has 0 radical (unpaired) electrons. The Bertz CT molecular complexity index is 424. The number of nitrogens with two attached hydrogens (primary N) is 1. The summed E-state index contributed by atoms with van der Waals surface area (Å²) in [6, 6.07) is 9.70. The molecule has 1 aliphatic carbocycles. The molecule has 3 atom stereocenters. The lowest BCUT2D eigenvalue weighted by molar-refractivity contribution is 0.157. The lowest BCUT2D eigenvalue weighted by atomic mass is 9.86. The zero-order valence-electron chi connectivity index (χ0n) is 14.2. The summed E-state index contributed by atoms with van der Waals surface area (Å²) in [4.78, 5) is 2.48. The zero-order chi connectivity index (χ0) is 15.4. The molecule has 0 aromatic heterocycles. The molecule has 0 aliphatic heterocycles. The minimum Gasteiger partial charge on any atom is -0.323 e. The molecule has 0 heterocycles. The van der Waals surface area contributed by atoms with Gasteiger partial charge in [-0.2, -0.15) is 0 Å². The van der Waals surface area contributed by atoms with Gasteiger partial charge in [0.05, 0.1) is 0 Å². The molecule has 0 amide bonds. The summed E-state index contributed by atoms with van der Waals surface area (Å²) in [5, 5.41) is 0. The van der Waals surface area contributed by atoms with Gasteiger partial charge in [0.1, 0.15) is 0 Å². The third-order valence-electron chi connectivity index (χ3n) is 5.05. The van der Waals surface area contributed by atoms with Gasteiger partial charge in [0.15, 0.2) is 0 Å². The van der Waals surface area contributed by atoms with Crippen molar-refractivity contribution in [3.8, 4) is 0 Å². The van der Waals surface area contributed by atoms with Crippen LogP contribution in [0.3, 0.4) is 0 Å². The minimum atomic E-state index is 0.119. The van der Waals surface area contributed by atoms with Crippen LogP contribution in [0.2, 0.25) is 0 Å². The Balaban J connectivity index is 1.92. The molecule has 0 saturated heterocycles. The first kappa shape index (κ1) is 16.5. The van der Waals surface area contributed by atoms with Crippen LogP contribution in [-0.4, -0.2) is 24.5 Å². The van der Waals surface area contributed by atoms with Crippen molar-refractivity contribution in [2.75, 3.05) is 13.6 Å². The second kappa shape index (κ2) is 7.42. The highest BCUT2D eigenvalue weighted by Crippen LogP contribution is 2.27. The van der Waals surface area contributed by atoms with Gasteiger partial charge in [0, 0.05) is 18.6 Å². The van der Waals surface area contributed by atoms with Crippen LogP contribution in [0.25, 0.3) is 0 Å². The molecule has 3 unspecified atom stereocenters. The van der Waals surface area contributed by atoms with Crippen molar-refractivity contribution in [3.05, 3.63) is 35.4 Å². The zero-order valence-corrected chi connectivity index (χ0v) is 14.2. The predicted octanol–water partition coefficient (Wildman–Crippen LogP) is 4.32. The van der Waals surface area contributed by atoms with Gasteiger partial charge in [-0.25, -0.2) is 0 Å². The summed E-state index contributed by atoms with van der Waals surface area (Å²) in [6.45, 7) is 7.79.